The number of urea groups is 1. The number of hydrogen-bond donors (Lipinski definition) is 4. The van der Waals surface area contributed by atoms with Crippen molar-refractivity contribution < 1.29 is 47.7 Å². The first-order valence-corrected chi connectivity index (χ1v) is 18.7. The van der Waals surface area contributed by atoms with E-state index < -0.39 is 70.3 Å². The monoisotopic (exact) mass is 762 g/mol. The summed E-state index contributed by atoms with van der Waals surface area (Å²) in [5, 5.41) is 11.0. The smallest absolute Gasteiger partial charge is 0.408 e. The van der Waals surface area contributed by atoms with Gasteiger partial charge in [0.15, 0.2) is 0 Å². The zero-order valence-corrected chi connectivity index (χ0v) is 34.6. The Morgan fingerprint density at radius 1 is 0.611 bits per heavy atom. The Balaban J connectivity index is 2.87. The van der Waals surface area contributed by atoms with Crippen molar-refractivity contribution in [3.63, 3.8) is 0 Å². The van der Waals surface area contributed by atoms with Crippen LogP contribution in [0.3, 0.4) is 0 Å². The topological polar surface area (TPSA) is 187 Å². The molecule has 0 radical (unpaired) electrons. The van der Waals surface area contributed by atoms with Crippen LogP contribution in [-0.2, 0) is 44.7 Å². The minimum atomic E-state index is -1.08. The van der Waals surface area contributed by atoms with Gasteiger partial charge < -0.3 is 40.2 Å². The third-order valence-corrected chi connectivity index (χ3v) is 7.50. The third-order valence-electron chi connectivity index (χ3n) is 7.50. The molecule has 4 N–H and O–H groups in total. The number of amides is 4. The standard InChI is InChI=1S/C40H66N4O10/c1-37(2,3)30(22-24-32(46)53-39(7,8)9)44-35(49)42-29(34(48)54-40(10,11)12)20-16-17-25-41-33(47)28(21-23-31(45)52-38(4,5)6)43-36(50)51-26-27-18-14-13-15-19-27/h13-15,18-19,28-30H,16-17,20-26H2,1-12H3,(H,41,47)(H,43,50)(H2,42,44,49)/t28-,29-,30-/m0/s1. The molecule has 0 saturated heterocycles. The number of ether oxygens (including phenoxy) is 4. The minimum absolute atomic E-state index is 0.000888. The molecule has 1 aromatic carbocycles. The summed E-state index contributed by atoms with van der Waals surface area (Å²) in [5.41, 5.74) is -1.77. The molecular formula is C40H66N4O10. The summed E-state index contributed by atoms with van der Waals surface area (Å²) in [7, 11) is 0. The van der Waals surface area contributed by atoms with Crippen LogP contribution in [0.25, 0.3) is 0 Å². The average Bonchev–Trinajstić information content (AvgIpc) is 3.00. The highest BCUT2D eigenvalue weighted by Gasteiger charge is 2.31. The van der Waals surface area contributed by atoms with E-state index in [1.807, 2.05) is 39.0 Å². The molecule has 306 valence electrons. The summed E-state index contributed by atoms with van der Waals surface area (Å²) in [6.45, 7) is 21.8. The van der Waals surface area contributed by atoms with E-state index >= 15 is 0 Å². The van der Waals surface area contributed by atoms with Gasteiger partial charge in [-0.1, -0.05) is 51.1 Å². The Morgan fingerprint density at radius 2 is 1.15 bits per heavy atom. The first-order valence-electron chi connectivity index (χ1n) is 18.7. The lowest BCUT2D eigenvalue weighted by Gasteiger charge is -2.32. The maximum atomic E-state index is 13.2. The minimum Gasteiger partial charge on any atom is -0.460 e. The van der Waals surface area contributed by atoms with Crippen molar-refractivity contribution >= 4 is 35.9 Å². The average molecular weight is 763 g/mol. The van der Waals surface area contributed by atoms with Crippen LogP contribution in [0.15, 0.2) is 30.3 Å². The molecular weight excluding hydrogens is 696 g/mol. The molecule has 0 aromatic heterocycles. The van der Waals surface area contributed by atoms with Crippen molar-refractivity contribution in [1.29, 1.82) is 0 Å². The van der Waals surface area contributed by atoms with Gasteiger partial charge in [-0.25, -0.2) is 14.4 Å². The second-order valence-corrected chi connectivity index (χ2v) is 17.4. The van der Waals surface area contributed by atoms with Gasteiger partial charge in [-0.05, 0) is 105 Å². The molecule has 0 spiro atoms. The second kappa shape index (κ2) is 21.5. The van der Waals surface area contributed by atoms with Crippen LogP contribution in [0.1, 0.15) is 134 Å². The van der Waals surface area contributed by atoms with Crippen molar-refractivity contribution in [2.24, 2.45) is 5.41 Å². The maximum Gasteiger partial charge on any atom is 0.408 e. The number of hydrogen-bond acceptors (Lipinski definition) is 10. The molecule has 14 nitrogen and oxygen atoms in total. The van der Waals surface area contributed by atoms with Gasteiger partial charge in [0.1, 0.15) is 35.5 Å². The molecule has 0 unspecified atom stereocenters. The predicted molar refractivity (Wildman–Crippen MR) is 205 cm³/mol. The van der Waals surface area contributed by atoms with Gasteiger partial charge >= 0.3 is 30.0 Å². The highest BCUT2D eigenvalue weighted by molar-refractivity contribution is 5.86. The van der Waals surface area contributed by atoms with Crippen LogP contribution in [0.5, 0.6) is 0 Å². The van der Waals surface area contributed by atoms with Gasteiger partial charge in [0.2, 0.25) is 5.91 Å². The van der Waals surface area contributed by atoms with E-state index in [9.17, 15) is 28.8 Å². The summed E-state index contributed by atoms with van der Waals surface area (Å²) in [6, 6.07) is 6.00. The number of rotatable bonds is 18. The summed E-state index contributed by atoms with van der Waals surface area (Å²) < 4.78 is 21.7. The van der Waals surface area contributed by atoms with Gasteiger partial charge in [0, 0.05) is 25.4 Å². The van der Waals surface area contributed by atoms with Crippen LogP contribution in [0.4, 0.5) is 9.59 Å². The Kier molecular flexibility index (Phi) is 19.0. The summed E-state index contributed by atoms with van der Waals surface area (Å²) >= 11 is 0. The van der Waals surface area contributed by atoms with Crippen LogP contribution in [-0.4, -0.2) is 77.4 Å². The second-order valence-electron chi connectivity index (χ2n) is 17.4. The number of nitrogens with one attached hydrogen (secondary N) is 4. The maximum absolute atomic E-state index is 13.2. The number of unbranched alkanes of at least 4 members (excludes halogenated alkanes) is 1. The SMILES string of the molecule is CC(C)(C)OC(=O)CC[C@H](NC(=O)OCc1ccccc1)C(=O)NCCCC[C@H](NC(=O)N[C@@H](CCC(=O)OC(C)(C)C)C(C)(C)C)C(=O)OC(C)(C)C. The molecule has 0 heterocycles. The van der Waals surface area contributed by atoms with Gasteiger partial charge in [-0.2, -0.15) is 0 Å². The van der Waals surface area contributed by atoms with Crippen LogP contribution in [0, 0.1) is 5.41 Å². The quantitative estimate of drug-likeness (QED) is 0.0758. The lowest BCUT2D eigenvalue weighted by atomic mass is 9.84. The molecule has 1 aromatic rings. The Hall–Kier alpha value is -4.36. The first-order chi connectivity index (χ1) is 24.7. The Bertz CT molecular complexity index is 1370. The number of benzene rings is 1. The number of esters is 3. The highest BCUT2D eigenvalue weighted by atomic mass is 16.6. The Labute approximate surface area is 321 Å². The molecule has 0 aliphatic carbocycles. The fraction of sp³-hybridized carbons (Fsp3) is 0.700. The summed E-state index contributed by atoms with van der Waals surface area (Å²) in [5.74, 6) is -2.01. The molecule has 0 saturated carbocycles. The van der Waals surface area contributed by atoms with Crippen molar-refractivity contribution in [2.75, 3.05) is 6.54 Å². The normalized spacial score (nSPS) is 13.7. The van der Waals surface area contributed by atoms with Crippen LogP contribution in [0.2, 0.25) is 0 Å². The zero-order chi connectivity index (χ0) is 41.3. The van der Waals surface area contributed by atoms with Crippen molar-refractivity contribution in [3.05, 3.63) is 35.9 Å². The lowest BCUT2D eigenvalue weighted by molar-refractivity contribution is -0.158. The number of carbonyl (C=O) groups is 6. The molecule has 0 fully saturated rings. The van der Waals surface area contributed by atoms with Crippen molar-refractivity contribution in [1.82, 2.24) is 21.3 Å². The van der Waals surface area contributed by atoms with E-state index in [0.717, 1.165) is 5.56 Å². The molecule has 0 aliphatic rings. The molecule has 1 rings (SSSR count). The lowest BCUT2D eigenvalue weighted by Crippen LogP contribution is -2.53. The van der Waals surface area contributed by atoms with Gasteiger partial charge in [0.25, 0.3) is 0 Å². The van der Waals surface area contributed by atoms with Gasteiger partial charge in [-0.3, -0.25) is 14.4 Å². The third kappa shape index (κ3) is 22.7. The fourth-order valence-electron chi connectivity index (χ4n) is 5.00. The highest BCUT2D eigenvalue weighted by Crippen LogP contribution is 2.24. The largest absolute Gasteiger partial charge is 0.460 e. The first kappa shape index (κ1) is 47.7. The predicted octanol–water partition coefficient (Wildman–Crippen LogP) is 6.24. The molecule has 4 amide bonds. The van der Waals surface area contributed by atoms with Crippen LogP contribution >= 0.6 is 0 Å². The van der Waals surface area contributed by atoms with Gasteiger partial charge in [0.05, 0.1) is 0 Å². The Morgan fingerprint density at radius 3 is 1.67 bits per heavy atom. The molecule has 0 bridgehead atoms. The van der Waals surface area contributed by atoms with E-state index in [-0.39, 0.29) is 44.8 Å². The van der Waals surface area contributed by atoms with E-state index in [1.165, 1.54) is 0 Å². The van der Waals surface area contributed by atoms with E-state index in [4.69, 9.17) is 18.9 Å². The number of alkyl carbamates (subject to hydrolysis) is 1. The fourth-order valence-corrected chi connectivity index (χ4v) is 5.00. The van der Waals surface area contributed by atoms with E-state index in [1.54, 1.807) is 74.4 Å². The summed E-state index contributed by atoms with van der Waals surface area (Å²) in [6.07, 6.45) is 0.542. The van der Waals surface area contributed by atoms with Crippen molar-refractivity contribution in [2.45, 2.75) is 170 Å². The molecule has 14 heteroatoms. The summed E-state index contributed by atoms with van der Waals surface area (Å²) in [4.78, 5) is 77.0. The molecule has 54 heavy (non-hydrogen) atoms. The van der Waals surface area contributed by atoms with Crippen LogP contribution < -0.4 is 21.3 Å². The number of carbonyl (C=O) groups excluding carboxylic acids is 6. The molecule has 3 atom stereocenters. The van der Waals surface area contributed by atoms with E-state index in [2.05, 4.69) is 21.3 Å². The van der Waals surface area contributed by atoms with E-state index in [0.29, 0.717) is 19.3 Å². The molecule has 0 aliphatic heterocycles. The van der Waals surface area contributed by atoms with Crippen molar-refractivity contribution in [3.8, 4) is 0 Å². The van der Waals surface area contributed by atoms with Gasteiger partial charge in [-0.15, -0.1) is 0 Å². The zero-order valence-electron chi connectivity index (χ0n) is 34.6.